The Kier molecular flexibility index (Phi) is 4.10. The minimum absolute atomic E-state index is 0.0674. The average molecular weight is 288 g/mol. The Hall–Kier alpha value is -1.86. The van der Waals surface area contributed by atoms with Crippen molar-refractivity contribution in [1.82, 2.24) is 14.9 Å². The number of halogens is 3. The van der Waals surface area contributed by atoms with Gasteiger partial charge in [0, 0.05) is 38.2 Å². The number of aromatic nitrogens is 2. The van der Waals surface area contributed by atoms with Gasteiger partial charge < -0.3 is 10.2 Å². The Balaban J connectivity index is 1.94. The minimum atomic E-state index is -4.48. The number of amides is 1. The largest absolute Gasteiger partial charge is 0.433 e. The summed E-state index contributed by atoms with van der Waals surface area (Å²) in [5.74, 6) is 0.0760. The molecule has 110 valence electrons. The number of hydrogen-bond donors (Lipinski definition) is 1. The van der Waals surface area contributed by atoms with Crippen LogP contribution in [0.4, 0.5) is 19.1 Å². The highest BCUT2D eigenvalue weighted by Gasteiger charge is 2.33. The fourth-order valence-electron chi connectivity index (χ4n) is 2.13. The standard InChI is InChI=1S/C12H15F3N4O/c1-2-19-7-8(5-10(19)20)6-17-11-16-4-3-9(18-11)12(13,14)15/h3-4,8H,2,5-7H2,1H3,(H,16,17,18). The second kappa shape index (κ2) is 5.64. The van der Waals surface area contributed by atoms with Gasteiger partial charge in [-0.05, 0) is 13.0 Å². The minimum Gasteiger partial charge on any atom is -0.354 e. The molecule has 1 aliphatic rings. The predicted molar refractivity (Wildman–Crippen MR) is 65.9 cm³/mol. The lowest BCUT2D eigenvalue weighted by molar-refractivity contribution is -0.141. The lowest BCUT2D eigenvalue weighted by Gasteiger charge is -2.14. The van der Waals surface area contributed by atoms with Gasteiger partial charge in [-0.3, -0.25) is 4.79 Å². The lowest BCUT2D eigenvalue weighted by Crippen LogP contribution is -2.25. The summed E-state index contributed by atoms with van der Waals surface area (Å²) in [5, 5.41) is 2.76. The number of likely N-dealkylation sites (tertiary alicyclic amines) is 1. The van der Waals surface area contributed by atoms with Gasteiger partial charge in [0.25, 0.3) is 0 Å². The number of anilines is 1. The monoisotopic (exact) mass is 288 g/mol. The average Bonchev–Trinajstić information content (AvgIpc) is 2.76. The molecule has 0 bridgehead atoms. The first-order valence-corrected chi connectivity index (χ1v) is 6.32. The van der Waals surface area contributed by atoms with Gasteiger partial charge in [0.2, 0.25) is 11.9 Å². The first-order valence-electron chi connectivity index (χ1n) is 6.32. The van der Waals surface area contributed by atoms with E-state index in [1.165, 1.54) is 0 Å². The molecule has 2 rings (SSSR count). The zero-order valence-corrected chi connectivity index (χ0v) is 10.9. The number of nitrogens with one attached hydrogen (secondary N) is 1. The summed E-state index contributed by atoms with van der Waals surface area (Å²) in [5.41, 5.74) is -0.979. The van der Waals surface area contributed by atoms with Crippen LogP contribution in [0.2, 0.25) is 0 Å². The molecule has 1 fully saturated rings. The van der Waals surface area contributed by atoms with Gasteiger partial charge in [-0.2, -0.15) is 13.2 Å². The summed E-state index contributed by atoms with van der Waals surface area (Å²) in [6.45, 7) is 3.53. The van der Waals surface area contributed by atoms with Gasteiger partial charge in [0.15, 0.2) is 0 Å². The molecule has 1 saturated heterocycles. The summed E-state index contributed by atoms with van der Waals surface area (Å²) >= 11 is 0. The third-order valence-electron chi connectivity index (χ3n) is 3.17. The zero-order chi connectivity index (χ0) is 14.8. The molecule has 0 aromatic carbocycles. The van der Waals surface area contributed by atoms with E-state index in [1.54, 1.807) is 4.90 Å². The Morgan fingerprint density at radius 1 is 1.50 bits per heavy atom. The fraction of sp³-hybridized carbons (Fsp3) is 0.583. The van der Waals surface area contributed by atoms with Crippen molar-refractivity contribution in [3.8, 4) is 0 Å². The topological polar surface area (TPSA) is 58.1 Å². The van der Waals surface area contributed by atoms with Crippen molar-refractivity contribution < 1.29 is 18.0 Å². The highest BCUT2D eigenvalue weighted by molar-refractivity contribution is 5.78. The van der Waals surface area contributed by atoms with Crippen LogP contribution in [-0.2, 0) is 11.0 Å². The summed E-state index contributed by atoms with van der Waals surface area (Å²) < 4.78 is 37.5. The molecule has 8 heteroatoms. The number of alkyl halides is 3. The summed E-state index contributed by atoms with van der Waals surface area (Å²) in [6, 6.07) is 0.823. The molecule has 0 aliphatic carbocycles. The van der Waals surface area contributed by atoms with E-state index in [-0.39, 0.29) is 17.8 Å². The number of carbonyl (C=O) groups excluding carboxylic acids is 1. The van der Waals surface area contributed by atoms with E-state index in [1.807, 2.05) is 6.92 Å². The number of hydrogen-bond acceptors (Lipinski definition) is 4. The van der Waals surface area contributed by atoms with E-state index in [2.05, 4.69) is 15.3 Å². The van der Waals surface area contributed by atoms with Gasteiger partial charge in [-0.1, -0.05) is 0 Å². The zero-order valence-electron chi connectivity index (χ0n) is 10.9. The van der Waals surface area contributed by atoms with E-state index in [9.17, 15) is 18.0 Å². The molecular formula is C12H15F3N4O. The quantitative estimate of drug-likeness (QED) is 0.917. The van der Waals surface area contributed by atoms with Gasteiger partial charge in [-0.15, -0.1) is 0 Å². The third kappa shape index (κ3) is 3.37. The van der Waals surface area contributed by atoms with Crippen molar-refractivity contribution in [2.75, 3.05) is 25.0 Å². The molecule has 1 N–H and O–H groups in total. The fourth-order valence-corrected chi connectivity index (χ4v) is 2.13. The van der Waals surface area contributed by atoms with Crippen molar-refractivity contribution in [2.45, 2.75) is 19.5 Å². The highest BCUT2D eigenvalue weighted by Crippen LogP contribution is 2.27. The van der Waals surface area contributed by atoms with Gasteiger partial charge in [0.1, 0.15) is 5.69 Å². The van der Waals surface area contributed by atoms with E-state index in [0.717, 1.165) is 12.3 Å². The van der Waals surface area contributed by atoms with Gasteiger partial charge in [-0.25, -0.2) is 9.97 Å². The molecule has 1 atom stereocenters. The number of nitrogens with zero attached hydrogens (tertiary/aromatic N) is 3. The van der Waals surface area contributed by atoms with Crippen LogP contribution in [0.15, 0.2) is 12.3 Å². The smallest absolute Gasteiger partial charge is 0.354 e. The highest BCUT2D eigenvalue weighted by atomic mass is 19.4. The second-order valence-electron chi connectivity index (χ2n) is 4.65. The molecule has 20 heavy (non-hydrogen) atoms. The van der Waals surface area contributed by atoms with E-state index in [4.69, 9.17) is 0 Å². The maximum Gasteiger partial charge on any atom is 0.433 e. The van der Waals surface area contributed by atoms with Crippen LogP contribution in [0.25, 0.3) is 0 Å². The Bertz CT molecular complexity index is 492. The van der Waals surface area contributed by atoms with Gasteiger partial charge in [0.05, 0.1) is 0 Å². The van der Waals surface area contributed by atoms with E-state index < -0.39 is 11.9 Å². The molecule has 1 amide bonds. The molecule has 1 unspecified atom stereocenters. The van der Waals surface area contributed by atoms with Crippen LogP contribution in [0, 0.1) is 5.92 Å². The lowest BCUT2D eigenvalue weighted by atomic mass is 10.1. The van der Waals surface area contributed by atoms with Crippen molar-refractivity contribution in [2.24, 2.45) is 5.92 Å². The molecular weight excluding hydrogens is 273 g/mol. The first-order chi connectivity index (χ1) is 9.40. The van der Waals surface area contributed by atoms with Crippen LogP contribution >= 0.6 is 0 Å². The number of carbonyl (C=O) groups is 1. The molecule has 1 aromatic rings. The molecule has 0 radical (unpaired) electrons. The maximum absolute atomic E-state index is 12.5. The summed E-state index contributed by atoms with van der Waals surface area (Å²) in [4.78, 5) is 20.4. The third-order valence-corrected chi connectivity index (χ3v) is 3.17. The van der Waals surface area contributed by atoms with Crippen LogP contribution in [0.5, 0.6) is 0 Å². The van der Waals surface area contributed by atoms with Crippen LogP contribution in [0.1, 0.15) is 19.0 Å². The predicted octanol–water partition coefficient (Wildman–Crippen LogP) is 1.78. The Labute approximate surface area is 114 Å². The molecule has 5 nitrogen and oxygen atoms in total. The van der Waals surface area contributed by atoms with Gasteiger partial charge >= 0.3 is 6.18 Å². The van der Waals surface area contributed by atoms with E-state index >= 15 is 0 Å². The van der Waals surface area contributed by atoms with Crippen LogP contribution < -0.4 is 5.32 Å². The molecule has 1 aliphatic heterocycles. The van der Waals surface area contributed by atoms with Crippen molar-refractivity contribution in [3.05, 3.63) is 18.0 Å². The maximum atomic E-state index is 12.5. The van der Waals surface area contributed by atoms with Crippen LogP contribution in [-0.4, -0.2) is 40.4 Å². The molecule has 0 spiro atoms. The van der Waals surface area contributed by atoms with Crippen molar-refractivity contribution in [1.29, 1.82) is 0 Å². The second-order valence-corrected chi connectivity index (χ2v) is 4.65. The molecule has 0 saturated carbocycles. The summed E-state index contributed by atoms with van der Waals surface area (Å²) in [7, 11) is 0. The van der Waals surface area contributed by atoms with E-state index in [0.29, 0.717) is 26.1 Å². The Morgan fingerprint density at radius 3 is 2.85 bits per heavy atom. The van der Waals surface area contributed by atoms with Crippen LogP contribution in [0.3, 0.4) is 0 Å². The molecule has 2 heterocycles. The summed E-state index contributed by atoms with van der Waals surface area (Å²) in [6.07, 6.45) is -3.02. The molecule has 1 aromatic heterocycles. The van der Waals surface area contributed by atoms with Crippen molar-refractivity contribution in [3.63, 3.8) is 0 Å². The first kappa shape index (κ1) is 14.5. The SMILES string of the molecule is CCN1CC(CNc2nccc(C(F)(F)F)n2)CC1=O. The van der Waals surface area contributed by atoms with Crippen molar-refractivity contribution >= 4 is 11.9 Å². The Morgan fingerprint density at radius 2 is 2.25 bits per heavy atom. The normalized spacial score (nSPS) is 19.5. The number of rotatable bonds is 4.